The summed E-state index contributed by atoms with van der Waals surface area (Å²) in [6.45, 7) is 11.2. The molecule has 2 atom stereocenters. The van der Waals surface area contributed by atoms with Gasteiger partial charge in [0.1, 0.15) is 6.79 Å². The number of hydrogen-bond donors (Lipinski definition) is 0. The highest BCUT2D eigenvalue weighted by atomic mass is 16.7. The lowest BCUT2D eigenvalue weighted by molar-refractivity contribution is -0.0761. The molecule has 0 aromatic rings. The molecule has 0 saturated heterocycles. The van der Waals surface area contributed by atoms with Gasteiger partial charge >= 0.3 is 0 Å². The number of unbranched alkanes of at least 4 members (excludes halogenated alkanes) is 2. The molecule has 0 saturated carbocycles. The van der Waals surface area contributed by atoms with Gasteiger partial charge in [0.05, 0.1) is 13.2 Å². The van der Waals surface area contributed by atoms with E-state index in [1.165, 1.54) is 51.4 Å². The summed E-state index contributed by atoms with van der Waals surface area (Å²) >= 11 is 0. The van der Waals surface area contributed by atoms with Crippen molar-refractivity contribution < 1.29 is 9.47 Å². The molecule has 19 heavy (non-hydrogen) atoms. The molecule has 0 spiro atoms. The average molecular weight is 272 g/mol. The standard InChI is InChI=1S/C17H36O2/c1-5-9-11-16(7-3)13-18-15-19-14-17(8-4)12-10-6-2/h16-17H,5-15H2,1-4H3. The van der Waals surface area contributed by atoms with Crippen molar-refractivity contribution in [3.8, 4) is 0 Å². The normalized spacial score (nSPS) is 14.5. The van der Waals surface area contributed by atoms with E-state index in [0.717, 1.165) is 13.2 Å². The molecule has 0 rings (SSSR count). The first-order valence-corrected chi connectivity index (χ1v) is 8.43. The molecule has 0 fully saturated rings. The first-order chi connectivity index (χ1) is 9.28. The second-order valence-corrected chi connectivity index (χ2v) is 5.69. The van der Waals surface area contributed by atoms with Gasteiger partial charge in [-0.3, -0.25) is 0 Å². The second-order valence-electron chi connectivity index (χ2n) is 5.69. The van der Waals surface area contributed by atoms with E-state index in [9.17, 15) is 0 Å². The molecule has 0 heterocycles. The van der Waals surface area contributed by atoms with E-state index in [0.29, 0.717) is 18.6 Å². The van der Waals surface area contributed by atoms with Crippen LogP contribution in [0.2, 0.25) is 0 Å². The predicted octanol–water partition coefficient (Wildman–Crippen LogP) is 5.41. The maximum atomic E-state index is 5.66. The van der Waals surface area contributed by atoms with Crippen LogP contribution in [0.3, 0.4) is 0 Å². The van der Waals surface area contributed by atoms with Crippen LogP contribution in [0.4, 0.5) is 0 Å². The van der Waals surface area contributed by atoms with E-state index in [1.807, 2.05) is 0 Å². The van der Waals surface area contributed by atoms with Crippen LogP contribution in [0, 0.1) is 11.8 Å². The molecule has 0 aliphatic heterocycles. The summed E-state index contributed by atoms with van der Waals surface area (Å²) in [5.74, 6) is 1.43. The fourth-order valence-electron chi connectivity index (χ4n) is 2.28. The average Bonchev–Trinajstić information content (AvgIpc) is 2.45. The minimum absolute atomic E-state index is 0.477. The molecule has 0 bridgehead atoms. The molecular weight excluding hydrogens is 236 g/mol. The number of ether oxygens (including phenoxy) is 2. The SMILES string of the molecule is CCCCC(CC)COCOCC(CC)CCCC. The van der Waals surface area contributed by atoms with E-state index in [4.69, 9.17) is 9.47 Å². The lowest BCUT2D eigenvalue weighted by Crippen LogP contribution is -2.14. The maximum Gasteiger partial charge on any atom is 0.146 e. The quantitative estimate of drug-likeness (QED) is 0.311. The van der Waals surface area contributed by atoms with Crippen LogP contribution in [-0.2, 0) is 9.47 Å². The van der Waals surface area contributed by atoms with Crippen LogP contribution < -0.4 is 0 Å². The summed E-state index contributed by atoms with van der Waals surface area (Å²) in [7, 11) is 0. The predicted molar refractivity (Wildman–Crippen MR) is 83.4 cm³/mol. The van der Waals surface area contributed by atoms with E-state index < -0.39 is 0 Å². The molecule has 0 aliphatic carbocycles. The van der Waals surface area contributed by atoms with Crippen molar-refractivity contribution in [1.29, 1.82) is 0 Å². The van der Waals surface area contributed by atoms with Gasteiger partial charge in [0.15, 0.2) is 0 Å². The van der Waals surface area contributed by atoms with Crippen LogP contribution in [0.25, 0.3) is 0 Å². The van der Waals surface area contributed by atoms with Gasteiger partial charge in [0.2, 0.25) is 0 Å². The summed E-state index contributed by atoms with van der Waals surface area (Å²) in [5.41, 5.74) is 0. The third-order valence-electron chi connectivity index (χ3n) is 3.96. The Morgan fingerprint density at radius 2 is 1.11 bits per heavy atom. The first kappa shape index (κ1) is 18.9. The third-order valence-corrected chi connectivity index (χ3v) is 3.96. The Bertz CT molecular complexity index is 153. The van der Waals surface area contributed by atoms with Crippen molar-refractivity contribution in [2.75, 3.05) is 20.0 Å². The monoisotopic (exact) mass is 272 g/mol. The zero-order valence-electron chi connectivity index (χ0n) is 13.7. The lowest BCUT2D eigenvalue weighted by atomic mass is 10.0. The van der Waals surface area contributed by atoms with Gasteiger partial charge in [-0.05, 0) is 24.7 Å². The summed E-state index contributed by atoms with van der Waals surface area (Å²) in [6.07, 6.45) is 10.2. The van der Waals surface area contributed by atoms with E-state index in [2.05, 4.69) is 27.7 Å². The summed E-state index contributed by atoms with van der Waals surface area (Å²) in [4.78, 5) is 0. The molecule has 0 radical (unpaired) electrons. The number of rotatable bonds is 14. The molecule has 0 aromatic carbocycles. The van der Waals surface area contributed by atoms with Crippen LogP contribution in [0.5, 0.6) is 0 Å². The molecule has 0 aromatic heterocycles. The van der Waals surface area contributed by atoms with Crippen molar-refractivity contribution in [3.63, 3.8) is 0 Å². The molecule has 116 valence electrons. The largest absolute Gasteiger partial charge is 0.355 e. The molecule has 2 nitrogen and oxygen atoms in total. The van der Waals surface area contributed by atoms with Gasteiger partial charge in [0, 0.05) is 0 Å². The van der Waals surface area contributed by atoms with E-state index >= 15 is 0 Å². The van der Waals surface area contributed by atoms with Gasteiger partial charge in [-0.25, -0.2) is 0 Å². The summed E-state index contributed by atoms with van der Waals surface area (Å²) in [6, 6.07) is 0. The lowest BCUT2D eigenvalue weighted by Gasteiger charge is -2.17. The van der Waals surface area contributed by atoms with Crippen LogP contribution in [-0.4, -0.2) is 20.0 Å². The molecule has 0 N–H and O–H groups in total. The second kappa shape index (κ2) is 14.3. The van der Waals surface area contributed by atoms with Crippen LogP contribution in [0.15, 0.2) is 0 Å². The van der Waals surface area contributed by atoms with Crippen LogP contribution >= 0.6 is 0 Å². The van der Waals surface area contributed by atoms with E-state index in [-0.39, 0.29) is 0 Å². The molecule has 0 amide bonds. The van der Waals surface area contributed by atoms with Crippen molar-refractivity contribution in [2.24, 2.45) is 11.8 Å². The fourth-order valence-corrected chi connectivity index (χ4v) is 2.28. The van der Waals surface area contributed by atoms with Crippen molar-refractivity contribution in [3.05, 3.63) is 0 Å². The van der Waals surface area contributed by atoms with E-state index in [1.54, 1.807) is 0 Å². The Balaban J connectivity index is 3.50. The molecule has 2 unspecified atom stereocenters. The minimum Gasteiger partial charge on any atom is -0.355 e. The highest BCUT2D eigenvalue weighted by Gasteiger charge is 2.07. The zero-order valence-corrected chi connectivity index (χ0v) is 13.7. The smallest absolute Gasteiger partial charge is 0.146 e. The topological polar surface area (TPSA) is 18.5 Å². The van der Waals surface area contributed by atoms with Crippen molar-refractivity contribution in [1.82, 2.24) is 0 Å². The van der Waals surface area contributed by atoms with Gasteiger partial charge in [-0.1, -0.05) is 66.2 Å². The fraction of sp³-hybridized carbons (Fsp3) is 1.00. The molecule has 0 aliphatic rings. The Labute approximate surface area is 121 Å². The van der Waals surface area contributed by atoms with Gasteiger partial charge in [-0.15, -0.1) is 0 Å². The Hall–Kier alpha value is -0.0800. The van der Waals surface area contributed by atoms with Crippen LogP contribution in [0.1, 0.15) is 79.1 Å². The summed E-state index contributed by atoms with van der Waals surface area (Å²) in [5, 5.41) is 0. The molecule has 2 heteroatoms. The highest BCUT2D eigenvalue weighted by molar-refractivity contribution is 4.56. The molecular formula is C17H36O2. The van der Waals surface area contributed by atoms with Gasteiger partial charge < -0.3 is 9.47 Å². The Morgan fingerprint density at radius 3 is 1.42 bits per heavy atom. The van der Waals surface area contributed by atoms with Crippen molar-refractivity contribution >= 4 is 0 Å². The highest BCUT2D eigenvalue weighted by Crippen LogP contribution is 2.14. The maximum absolute atomic E-state index is 5.66. The van der Waals surface area contributed by atoms with Crippen molar-refractivity contribution in [2.45, 2.75) is 79.1 Å². The minimum atomic E-state index is 0.477. The third kappa shape index (κ3) is 11.4. The van der Waals surface area contributed by atoms with Gasteiger partial charge in [-0.2, -0.15) is 0 Å². The summed E-state index contributed by atoms with van der Waals surface area (Å²) < 4.78 is 11.3. The Kier molecular flexibility index (Phi) is 14.3. The van der Waals surface area contributed by atoms with Gasteiger partial charge in [0.25, 0.3) is 0 Å². The first-order valence-electron chi connectivity index (χ1n) is 8.43. The zero-order chi connectivity index (χ0) is 14.3. The number of hydrogen-bond acceptors (Lipinski definition) is 2. The Morgan fingerprint density at radius 1 is 0.684 bits per heavy atom.